The summed E-state index contributed by atoms with van der Waals surface area (Å²) >= 11 is 3.60. The van der Waals surface area contributed by atoms with Gasteiger partial charge in [0, 0.05) is 11.9 Å². The van der Waals surface area contributed by atoms with E-state index in [0.717, 1.165) is 11.9 Å². The third-order valence-electron chi connectivity index (χ3n) is 4.22. The fraction of sp³-hybridized carbons (Fsp3) is 0.588. The van der Waals surface area contributed by atoms with Crippen LogP contribution in [0.5, 0.6) is 5.75 Å². The lowest BCUT2D eigenvalue weighted by atomic mass is 9.80. The van der Waals surface area contributed by atoms with Gasteiger partial charge in [-0.05, 0) is 43.7 Å². The first kappa shape index (κ1) is 16.3. The summed E-state index contributed by atoms with van der Waals surface area (Å²) in [5.41, 5.74) is 0.630. The predicted molar refractivity (Wildman–Crippen MR) is 89.2 cm³/mol. The van der Waals surface area contributed by atoms with Crippen molar-refractivity contribution in [1.82, 2.24) is 5.32 Å². The fourth-order valence-electron chi connectivity index (χ4n) is 3.01. The van der Waals surface area contributed by atoms with Crippen LogP contribution in [0.25, 0.3) is 0 Å². The molecule has 2 unspecified atom stereocenters. The Morgan fingerprint density at radius 1 is 1.29 bits per heavy atom. The number of hydrogen-bond acceptors (Lipinski definition) is 2. The smallest absolute Gasteiger partial charge is 0.255 e. The van der Waals surface area contributed by atoms with Crippen LogP contribution in [0.3, 0.4) is 0 Å². The number of para-hydroxylation sites is 1. The second-order valence-corrected chi connectivity index (χ2v) is 6.25. The molecule has 2 atom stereocenters. The lowest BCUT2D eigenvalue weighted by Crippen LogP contribution is -2.35. The molecule has 0 bridgehead atoms. The Labute approximate surface area is 135 Å². The van der Waals surface area contributed by atoms with E-state index >= 15 is 0 Å². The standard InChI is InChI=1S/C17H24BrNO2/c1-2-21-16-10-6-5-9-15(16)17(20)19-12-14-8-4-3-7-13(14)11-18/h5-6,9-10,13-14H,2-4,7-8,11-12H2,1H3,(H,19,20). The molecule has 21 heavy (non-hydrogen) atoms. The monoisotopic (exact) mass is 353 g/mol. The Morgan fingerprint density at radius 2 is 2.00 bits per heavy atom. The van der Waals surface area contributed by atoms with Gasteiger partial charge in [0.25, 0.3) is 5.91 Å². The van der Waals surface area contributed by atoms with Crippen LogP contribution < -0.4 is 10.1 Å². The minimum Gasteiger partial charge on any atom is -0.493 e. The molecule has 0 spiro atoms. The van der Waals surface area contributed by atoms with Gasteiger partial charge in [0.1, 0.15) is 5.75 Å². The number of amides is 1. The second kappa shape index (κ2) is 8.42. The van der Waals surface area contributed by atoms with E-state index in [-0.39, 0.29) is 5.91 Å². The maximum Gasteiger partial charge on any atom is 0.255 e. The summed E-state index contributed by atoms with van der Waals surface area (Å²) in [7, 11) is 0. The van der Waals surface area contributed by atoms with Crippen LogP contribution in [0.1, 0.15) is 43.0 Å². The topological polar surface area (TPSA) is 38.3 Å². The van der Waals surface area contributed by atoms with Crippen molar-refractivity contribution in [3.63, 3.8) is 0 Å². The molecule has 116 valence electrons. The van der Waals surface area contributed by atoms with Gasteiger partial charge >= 0.3 is 0 Å². The van der Waals surface area contributed by atoms with Gasteiger partial charge in [0.15, 0.2) is 0 Å². The molecular formula is C17H24BrNO2. The molecule has 0 heterocycles. The molecule has 1 amide bonds. The third-order valence-corrected chi connectivity index (χ3v) is 5.05. The third kappa shape index (κ3) is 4.47. The average Bonchev–Trinajstić information content (AvgIpc) is 2.53. The van der Waals surface area contributed by atoms with Crippen molar-refractivity contribution in [2.75, 3.05) is 18.5 Å². The number of hydrogen-bond donors (Lipinski definition) is 1. The number of alkyl halides is 1. The van der Waals surface area contributed by atoms with E-state index in [4.69, 9.17) is 4.74 Å². The molecule has 2 rings (SSSR count). The van der Waals surface area contributed by atoms with Gasteiger partial charge in [-0.3, -0.25) is 4.79 Å². The molecule has 1 aromatic carbocycles. The van der Waals surface area contributed by atoms with E-state index < -0.39 is 0 Å². The number of halogens is 1. The summed E-state index contributed by atoms with van der Waals surface area (Å²) in [6.07, 6.45) is 5.07. The Balaban J connectivity index is 1.95. The van der Waals surface area contributed by atoms with Crippen LogP contribution in [0.15, 0.2) is 24.3 Å². The molecule has 4 heteroatoms. The number of ether oxygens (including phenoxy) is 1. The summed E-state index contributed by atoms with van der Waals surface area (Å²) in [6, 6.07) is 7.44. The van der Waals surface area contributed by atoms with E-state index in [1.807, 2.05) is 31.2 Å². The normalized spacial score (nSPS) is 21.8. The highest BCUT2D eigenvalue weighted by Crippen LogP contribution is 2.31. The maximum atomic E-state index is 12.4. The van der Waals surface area contributed by atoms with Crippen LogP contribution in [0.4, 0.5) is 0 Å². The maximum absolute atomic E-state index is 12.4. The zero-order valence-electron chi connectivity index (χ0n) is 12.6. The number of carbonyl (C=O) groups is 1. The summed E-state index contributed by atoms with van der Waals surface area (Å²) in [5, 5.41) is 4.12. The van der Waals surface area contributed by atoms with Gasteiger partial charge in [-0.25, -0.2) is 0 Å². The fourth-order valence-corrected chi connectivity index (χ4v) is 3.86. The summed E-state index contributed by atoms with van der Waals surface area (Å²) in [6.45, 7) is 3.26. The van der Waals surface area contributed by atoms with E-state index in [1.54, 1.807) is 0 Å². The highest BCUT2D eigenvalue weighted by molar-refractivity contribution is 9.09. The molecule has 1 aliphatic rings. The SMILES string of the molecule is CCOc1ccccc1C(=O)NCC1CCCCC1CBr. The number of carbonyl (C=O) groups excluding carboxylic acids is 1. The van der Waals surface area contributed by atoms with Gasteiger partial charge < -0.3 is 10.1 Å². The van der Waals surface area contributed by atoms with Crippen molar-refractivity contribution < 1.29 is 9.53 Å². The lowest BCUT2D eigenvalue weighted by Gasteiger charge is -2.30. The van der Waals surface area contributed by atoms with Gasteiger partial charge in [0.2, 0.25) is 0 Å². The molecule has 1 aromatic rings. The lowest BCUT2D eigenvalue weighted by molar-refractivity contribution is 0.0933. The van der Waals surface area contributed by atoms with E-state index in [2.05, 4.69) is 21.2 Å². The molecule has 0 aromatic heterocycles. The quantitative estimate of drug-likeness (QED) is 0.784. The molecule has 3 nitrogen and oxygen atoms in total. The molecule has 1 saturated carbocycles. The summed E-state index contributed by atoms with van der Waals surface area (Å²) < 4.78 is 5.52. The van der Waals surface area contributed by atoms with Crippen LogP contribution in [0.2, 0.25) is 0 Å². The Morgan fingerprint density at radius 3 is 2.71 bits per heavy atom. The zero-order valence-corrected chi connectivity index (χ0v) is 14.2. The van der Waals surface area contributed by atoms with Crippen LogP contribution in [-0.2, 0) is 0 Å². The molecular weight excluding hydrogens is 330 g/mol. The Bertz CT molecular complexity index is 464. The summed E-state index contributed by atoms with van der Waals surface area (Å²) in [4.78, 5) is 12.4. The van der Waals surface area contributed by atoms with Gasteiger partial charge in [0.05, 0.1) is 12.2 Å². The van der Waals surface area contributed by atoms with E-state index in [1.165, 1.54) is 25.7 Å². The van der Waals surface area contributed by atoms with Crippen molar-refractivity contribution >= 4 is 21.8 Å². The van der Waals surface area contributed by atoms with Gasteiger partial charge in [-0.15, -0.1) is 0 Å². The molecule has 1 aliphatic carbocycles. The molecule has 0 saturated heterocycles. The van der Waals surface area contributed by atoms with Crippen molar-refractivity contribution in [3.05, 3.63) is 29.8 Å². The first-order valence-electron chi connectivity index (χ1n) is 7.82. The second-order valence-electron chi connectivity index (χ2n) is 5.60. The van der Waals surface area contributed by atoms with Crippen molar-refractivity contribution in [3.8, 4) is 5.75 Å². The van der Waals surface area contributed by atoms with Crippen molar-refractivity contribution in [2.24, 2.45) is 11.8 Å². The molecule has 0 radical (unpaired) electrons. The first-order valence-corrected chi connectivity index (χ1v) is 8.94. The minimum atomic E-state index is -0.0297. The molecule has 1 fully saturated rings. The number of benzene rings is 1. The number of rotatable bonds is 6. The van der Waals surface area contributed by atoms with Crippen LogP contribution in [0, 0.1) is 11.8 Å². The van der Waals surface area contributed by atoms with Gasteiger partial charge in [-0.2, -0.15) is 0 Å². The van der Waals surface area contributed by atoms with Crippen molar-refractivity contribution in [2.45, 2.75) is 32.6 Å². The highest BCUT2D eigenvalue weighted by Gasteiger charge is 2.24. The van der Waals surface area contributed by atoms with Crippen LogP contribution in [-0.4, -0.2) is 24.4 Å². The van der Waals surface area contributed by atoms with E-state index in [9.17, 15) is 4.79 Å². The largest absolute Gasteiger partial charge is 0.493 e. The summed E-state index contributed by atoms with van der Waals surface area (Å²) in [5.74, 6) is 1.90. The van der Waals surface area contributed by atoms with Gasteiger partial charge in [-0.1, -0.05) is 40.9 Å². The Kier molecular flexibility index (Phi) is 6.55. The Hall–Kier alpha value is -1.03. The van der Waals surface area contributed by atoms with Crippen molar-refractivity contribution in [1.29, 1.82) is 0 Å². The first-order chi connectivity index (χ1) is 10.3. The minimum absolute atomic E-state index is 0.0297. The highest BCUT2D eigenvalue weighted by atomic mass is 79.9. The molecule has 1 N–H and O–H groups in total. The number of nitrogens with one attached hydrogen (secondary N) is 1. The predicted octanol–water partition coefficient (Wildman–Crippen LogP) is 4.02. The zero-order chi connectivity index (χ0) is 15.1. The molecule has 0 aliphatic heterocycles. The van der Waals surface area contributed by atoms with Crippen LogP contribution >= 0.6 is 15.9 Å². The average molecular weight is 354 g/mol. The van der Waals surface area contributed by atoms with E-state index in [0.29, 0.717) is 29.8 Å².